The van der Waals surface area contributed by atoms with Crippen LogP contribution in [0.5, 0.6) is 0 Å². The van der Waals surface area contributed by atoms with Crippen LogP contribution >= 0.6 is 22.8 Å². The largest absolute Gasteiger partial charge is 0.465 e. The molecule has 2 rings (SSSR count). The summed E-state index contributed by atoms with van der Waals surface area (Å²) in [6, 6.07) is 11.1. The number of methoxy groups -OCH3 is 1. The Morgan fingerprint density at radius 1 is 0.674 bits per heavy atom. The van der Waals surface area contributed by atoms with Gasteiger partial charge in [-0.05, 0) is 79.1 Å². The molecule has 14 heteroatoms. The Labute approximate surface area is 254 Å². The molecule has 0 unspecified atom stereocenters. The first kappa shape index (κ1) is 37.3. The minimum absolute atomic E-state index is 0.171. The number of rotatable bonds is 19. The first-order valence-corrected chi connectivity index (χ1v) is 18.8. The van der Waals surface area contributed by atoms with E-state index in [0.29, 0.717) is 30.4 Å². The lowest BCUT2D eigenvalue weighted by atomic mass is 9.96. The van der Waals surface area contributed by atoms with Crippen molar-refractivity contribution in [3.8, 4) is 0 Å². The lowest BCUT2D eigenvalue weighted by Gasteiger charge is -2.16. The number of aryl methyl sites for hydroxylation is 2. The van der Waals surface area contributed by atoms with Crippen LogP contribution in [-0.4, -0.2) is 67.1 Å². The van der Waals surface area contributed by atoms with E-state index in [1.807, 2.05) is 24.3 Å². The van der Waals surface area contributed by atoms with Gasteiger partial charge in [0.15, 0.2) is 0 Å². The van der Waals surface area contributed by atoms with Gasteiger partial charge in [0.25, 0.3) is 0 Å². The summed E-state index contributed by atoms with van der Waals surface area (Å²) in [6.07, 6.45) is 3.18. The number of benzene rings is 2. The lowest BCUT2D eigenvalue weighted by molar-refractivity contribution is 0.0600. The smallest absolute Gasteiger partial charge is 0.354 e. The molecule has 0 spiro atoms. The monoisotopic (exact) mass is 660 g/mol. The minimum atomic E-state index is -3.46. The summed E-state index contributed by atoms with van der Waals surface area (Å²) in [5.74, 6) is 0.862. The second-order valence-corrected chi connectivity index (χ2v) is 16.1. The van der Waals surface area contributed by atoms with Gasteiger partial charge in [-0.1, -0.05) is 24.3 Å². The van der Waals surface area contributed by atoms with Crippen LogP contribution in [0.3, 0.4) is 0 Å². The molecule has 240 valence electrons. The molecule has 43 heavy (non-hydrogen) atoms. The molecule has 0 bridgehead atoms. The quantitative estimate of drug-likeness (QED) is 0.111. The Kier molecular flexibility index (Phi) is 15.2. The van der Waals surface area contributed by atoms with Crippen LogP contribution in [0.2, 0.25) is 0 Å². The standard InChI is InChI=1S/C29H43O11P3/c1-8-39-43(33,40-9-2)15-12-25-19-27(22-28(21-25)29(30)34-3)20-26-17-23(10-13-41(31,35-4)36-5)16-24(18-26)11-14-42(32,37-6)38-7/h12,15-19,21-22H,8-11,13-14,20H2,1-7H3. The maximum absolute atomic E-state index is 13.0. The molecule has 0 aliphatic carbocycles. The Bertz CT molecular complexity index is 1320. The maximum Gasteiger partial charge on any atom is 0.354 e. The van der Waals surface area contributed by atoms with Crippen LogP contribution in [-0.2, 0) is 64.8 Å². The van der Waals surface area contributed by atoms with Gasteiger partial charge in [0.1, 0.15) is 0 Å². The second kappa shape index (κ2) is 17.6. The summed E-state index contributed by atoms with van der Waals surface area (Å²) in [5, 5.41) is 0. The summed E-state index contributed by atoms with van der Waals surface area (Å²) < 4.78 is 74.4. The third-order valence-electron chi connectivity index (χ3n) is 6.49. The van der Waals surface area contributed by atoms with Gasteiger partial charge in [0, 0.05) is 34.3 Å². The molecule has 0 radical (unpaired) electrons. The van der Waals surface area contributed by atoms with Gasteiger partial charge in [-0.15, -0.1) is 0 Å². The summed E-state index contributed by atoms with van der Waals surface area (Å²) >= 11 is 0. The summed E-state index contributed by atoms with van der Waals surface area (Å²) in [7, 11) is -3.25. The van der Waals surface area contributed by atoms with Crippen LogP contribution < -0.4 is 0 Å². The Morgan fingerprint density at radius 3 is 1.58 bits per heavy atom. The van der Waals surface area contributed by atoms with E-state index in [0.717, 1.165) is 22.3 Å². The average Bonchev–Trinajstić information content (AvgIpc) is 3.01. The first-order valence-electron chi connectivity index (χ1n) is 13.7. The number of hydrogen-bond donors (Lipinski definition) is 0. The molecule has 0 fully saturated rings. The van der Waals surface area contributed by atoms with Crippen LogP contribution in [0.1, 0.15) is 52.0 Å². The summed E-state index contributed by atoms with van der Waals surface area (Å²) in [6.45, 7) is 3.87. The van der Waals surface area contributed by atoms with Crippen molar-refractivity contribution in [2.45, 2.75) is 33.1 Å². The van der Waals surface area contributed by atoms with Crippen LogP contribution in [0, 0.1) is 0 Å². The highest BCUT2D eigenvalue weighted by atomic mass is 31.2. The van der Waals surface area contributed by atoms with Gasteiger partial charge in [-0.2, -0.15) is 0 Å². The molecule has 0 aromatic heterocycles. The molecule has 0 atom stereocenters. The SMILES string of the molecule is CCOP(=O)(C=Cc1cc(Cc2cc(CCP(=O)(OC)OC)cc(CCP(=O)(OC)OC)c2)cc(C(=O)OC)c1)OCC. The van der Waals surface area contributed by atoms with Crippen molar-refractivity contribution in [1.29, 1.82) is 0 Å². The van der Waals surface area contributed by atoms with Crippen molar-refractivity contribution >= 4 is 34.8 Å². The van der Waals surface area contributed by atoms with Crippen molar-refractivity contribution < 1.29 is 50.4 Å². The molecule has 2 aromatic rings. The van der Waals surface area contributed by atoms with Gasteiger partial charge in [-0.3, -0.25) is 13.7 Å². The highest BCUT2D eigenvalue weighted by Gasteiger charge is 2.23. The van der Waals surface area contributed by atoms with E-state index in [-0.39, 0.29) is 25.5 Å². The minimum Gasteiger partial charge on any atom is -0.465 e. The molecule has 0 saturated heterocycles. The highest BCUT2D eigenvalue weighted by Crippen LogP contribution is 2.50. The molecular formula is C29H43O11P3. The average molecular weight is 661 g/mol. The van der Waals surface area contributed by atoms with Gasteiger partial charge in [0.05, 0.1) is 38.2 Å². The zero-order valence-corrected chi connectivity index (χ0v) is 28.6. The highest BCUT2D eigenvalue weighted by molar-refractivity contribution is 7.57. The second-order valence-electron chi connectivity index (χ2n) is 9.38. The van der Waals surface area contributed by atoms with Gasteiger partial charge in [-0.25, -0.2) is 4.79 Å². The van der Waals surface area contributed by atoms with Crippen molar-refractivity contribution in [2.24, 2.45) is 0 Å². The molecule has 0 aliphatic heterocycles. The number of ether oxygens (including phenoxy) is 1. The lowest BCUT2D eigenvalue weighted by Crippen LogP contribution is -2.05. The van der Waals surface area contributed by atoms with Crippen molar-refractivity contribution in [2.75, 3.05) is 61.1 Å². The van der Waals surface area contributed by atoms with E-state index in [9.17, 15) is 18.5 Å². The van der Waals surface area contributed by atoms with Crippen LogP contribution in [0.25, 0.3) is 6.08 Å². The molecule has 0 amide bonds. The predicted molar refractivity (Wildman–Crippen MR) is 167 cm³/mol. The number of hydrogen-bond acceptors (Lipinski definition) is 11. The van der Waals surface area contributed by atoms with E-state index >= 15 is 0 Å². The molecule has 11 nitrogen and oxygen atoms in total. The van der Waals surface area contributed by atoms with Crippen molar-refractivity contribution in [1.82, 2.24) is 0 Å². The Balaban J connectivity index is 2.52. The third-order valence-corrected chi connectivity index (χ3v) is 12.0. The van der Waals surface area contributed by atoms with Crippen molar-refractivity contribution in [3.05, 3.63) is 75.6 Å². The van der Waals surface area contributed by atoms with Crippen molar-refractivity contribution in [3.63, 3.8) is 0 Å². The van der Waals surface area contributed by atoms with E-state index in [2.05, 4.69) is 0 Å². The Morgan fingerprint density at radius 2 is 1.14 bits per heavy atom. The van der Waals surface area contributed by atoms with Gasteiger partial charge >= 0.3 is 28.8 Å². The summed E-state index contributed by atoms with van der Waals surface area (Å²) in [4.78, 5) is 12.5. The van der Waals surface area contributed by atoms with Gasteiger partial charge in [0.2, 0.25) is 0 Å². The zero-order valence-electron chi connectivity index (χ0n) is 25.9. The molecular weight excluding hydrogens is 617 g/mol. The first-order chi connectivity index (χ1) is 20.4. The predicted octanol–water partition coefficient (Wildman–Crippen LogP) is 7.36. The fourth-order valence-corrected chi connectivity index (χ4v) is 7.74. The molecule has 0 aliphatic rings. The molecule has 0 saturated carbocycles. The van der Waals surface area contributed by atoms with Crippen LogP contribution in [0.4, 0.5) is 0 Å². The van der Waals surface area contributed by atoms with E-state index in [1.165, 1.54) is 41.4 Å². The van der Waals surface area contributed by atoms with E-state index < -0.39 is 28.8 Å². The fourth-order valence-electron chi connectivity index (χ4n) is 4.33. The molecule has 2 aromatic carbocycles. The number of carbonyl (C=O) groups is 1. The molecule has 0 N–H and O–H groups in total. The third kappa shape index (κ3) is 11.8. The van der Waals surface area contributed by atoms with Crippen LogP contribution in [0.15, 0.2) is 42.2 Å². The fraction of sp³-hybridized carbons (Fsp3) is 0.483. The van der Waals surface area contributed by atoms with E-state index in [1.54, 1.807) is 32.1 Å². The Hall–Kier alpha value is -1.90. The number of esters is 1. The maximum atomic E-state index is 13.0. The van der Waals surface area contributed by atoms with Gasteiger partial charge < -0.3 is 31.9 Å². The summed E-state index contributed by atoms with van der Waals surface area (Å²) in [5.41, 5.74) is 4.37. The topological polar surface area (TPSA) is 133 Å². The number of carbonyl (C=O) groups excluding carboxylic acids is 1. The normalized spacial score (nSPS) is 12.6. The van der Waals surface area contributed by atoms with E-state index in [4.69, 9.17) is 31.9 Å². The molecule has 0 heterocycles. The zero-order chi connectivity index (χ0) is 32.1.